The van der Waals surface area contributed by atoms with Crippen LogP contribution in [-0.4, -0.2) is 36.1 Å². The third-order valence-electron chi connectivity index (χ3n) is 3.03. The van der Waals surface area contributed by atoms with Gasteiger partial charge in [0.15, 0.2) is 5.75 Å². The van der Waals surface area contributed by atoms with Crippen molar-refractivity contribution < 1.29 is 9.53 Å². The number of likely N-dealkylation sites (N-methyl/N-ethyl adjacent to an activating group) is 1. The van der Waals surface area contributed by atoms with Crippen LogP contribution in [-0.2, 0) is 11.3 Å². The van der Waals surface area contributed by atoms with E-state index in [1.54, 1.807) is 30.3 Å². The Bertz CT molecular complexity index is 468. The molecule has 1 aromatic rings. The summed E-state index contributed by atoms with van der Waals surface area (Å²) < 4.78 is 6.32. The first-order chi connectivity index (χ1) is 9.10. The lowest BCUT2D eigenvalue weighted by Crippen LogP contribution is -2.34. The molecule has 0 N–H and O–H groups in total. The van der Waals surface area contributed by atoms with Gasteiger partial charge in [-0.05, 0) is 18.6 Å². The summed E-state index contributed by atoms with van der Waals surface area (Å²) in [6, 6.07) is 3.29. The second-order valence-electron chi connectivity index (χ2n) is 4.53. The first-order valence-electron chi connectivity index (χ1n) is 6.57. The van der Waals surface area contributed by atoms with E-state index >= 15 is 0 Å². The van der Waals surface area contributed by atoms with Crippen molar-refractivity contribution in [3.05, 3.63) is 28.7 Å². The number of methoxy groups -OCH3 is 1. The fourth-order valence-corrected chi connectivity index (χ4v) is 1.78. The number of hydrogen-bond acceptors (Lipinski definition) is 3. The molecule has 0 saturated carbocycles. The highest BCUT2D eigenvalue weighted by Crippen LogP contribution is 2.02. The summed E-state index contributed by atoms with van der Waals surface area (Å²) in [4.78, 5) is 25.5. The molecule has 0 aliphatic rings. The molecular weight excluding hydrogens is 244 g/mol. The highest BCUT2D eigenvalue weighted by Gasteiger charge is 2.11. The Balaban J connectivity index is 2.64. The Morgan fingerprint density at radius 2 is 2.16 bits per heavy atom. The lowest BCUT2D eigenvalue weighted by molar-refractivity contribution is -0.130. The van der Waals surface area contributed by atoms with Crippen LogP contribution < -0.4 is 10.3 Å². The number of pyridine rings is 1. The lowest BCUT2D eigenvalue weighted by Gasteiger charge is -2.17. The molecule has 0 aliphatic carbocycles. The molecule has 0 aromatic carbocycles. The standard InChI is InChI=1S/C14H22N2O3/c1-4-5-6-9-15(2)13(17)11-16-10-7-8-12(19-3)14(16)18/h7-8,10H,4-6,9,11H2,1-3H3. The third kappa shape index (κ3) is 4.43. The summed E-state index contributed by atoms with van der Waals surface area (Å²) in [5, 5.41) is 0. The van der Waals surface area contributed by atoms with Crippen molar-refractivity contribution in [3.63, 3.8) is 0 Å². The normalized spacial score (nSPS) is 10.3. The number of ether oxygens (including phenoxy) is 1. The second kappa shape index (κ2) is 7.61. The fraction of sp³-hybridized carbons (Fsp3) is 0.571. The van der Waals surface area contributed by atoms with Crippen LogP contribution in [0.15, 0.2) is 23.1 Å². The Labute approximate surface area is 113 Å². The largest absolute Gasteiger partial charge is 0.491 e. The van der Waals surface area contributed by atoms with Crippen LogP contribution in [0.25, 0.3) is 0 Å². The average Bonchev–Trinajstić information content (AvgIpc) is 2.41. The van der Waals surface area contributed by atoms with E-state index in [2.05, 4.69) is 6.92 Å². The van der Waals surface area contributed by atoms with E-state index in [0.29, 0.717) is 0 Å². The van der Waals surface area contributed by atoms with Crippen molar-refractivity contribution in [2.75, 3.05) is 20.7 Å². The topological polar surface area (TPSA) is 51.5 Å². The van der Waals surface area contributed by atoms with Crippen LogP contribution in [0.3, 0.4) is 0 Å². The minimum absolute atomic E-state index is 0.0542. The molecule has 0 spiro atoms. The smallest absolute Gasteiger partial charge is 0.293 e. The van der Waals surface area contributed by atoms with Crippen molar-refractivity contribution >= 4 is 5.91 Å². The van der Waals surface area contributed by atoms with Gasteiger partial charge in [0.2, 0.25) is 5.91 Å². The van der Waals surface area contributed by atoms with E-state index < -0.39 is 0 Å². The molecule has 5 heteroatoms. The summed E-state index contributed by atoms with van der Waals surface area (Å²) in [6.45, 7) is 2.90. The van der Waals surface area contributed by atoms with Crippen molar-refractivity contribution in [1.82, 2.24) is 9.47 Å². The monoisotopic (exact) mass is 266 g/mol. The first kappa shape index (κ1) is 15.3. The molecule has 1 rings (SSSR count). The number of unbranched alkanes of at least 4 members (excludes halogenated alkanes) is 2. The average molecular weight is 266 g/mol. The van der Waals surface area contributed by atoms with Crippen LogP contribution in [0.2, 0.25) is 0 Å². The van der Waals surface area contributed by atoms with Gasteiger partial charge in [0.05, 0.1) is 7.11 Å². The number of hydrogen-bond donors (Lipinski definition) is 0. The Morgan fingerprint density at radius 1 is 1.42 bits per heavy atom. The number of rotatable bonds is 7. The van der Waals surface area contributed by atoms with Gasteiger partial charge in [-0.3, -0.25) is 9.59 Å². The van der Waals surface area contributed by atoms with Gasteiger partial charge in [0.1, 0.15) is 6.54 Å². The van der Waals surface area contributed by atoms with Gasteiger partial charge >= 0.3 is 0 Å². The molecule has 0 atom stereocenters. The number of nitrogens with zero attached hydrogens (tertiary/aromatic N) is 2. The minimum Gasteiger partial charge on any atom is -0.491 e. The summed E-state index contributed by atoms with van der Waals surface area (Å²) in [5.41, 5.74) is -0.277. The highest BCUT2D eigenvalue weighted by atomic mass is 16.5. The van der Waals surface area contributed by atoms with Gasteiger partial charge in [0, 0.05) is 19.8 Å². The maximum atomic E-state index is 12.0. The van der Waals surface area contributed by atoms with Crippen LogP contribution in [0.1, 0.15) is 26.2 Å². The van der Waals surface area contributed by atoms with E-state index in [0.717, 1.165) is 25.8 Å². The van der Waals surface area contributed by atoms with Gasteiger partial charge in [-0.2, -0.15) is 0 Å². The molecule has 0 aliphatic heterocycles. The Hall–Kier alpha value is -1.78. The number of amides is 1. The van der Waals surface area contributed by atoms with Crippen LogP contribution in [0, 0.1) is 0 Å². The van der Waals surface area contributed by atoms with Gasteiger partial charge in [-0.1, -0.05) is 19.8 Å². The van der Waals surface area contributed by atoms with Crippen LogP contribution in [0.4, 0.5) is 0 Å². The molecule has 1 amide bonds. The zero-order chi connectivity index (χ0) is 14.3. The first-order valence-corrected chi connectivity index (χ1v) is 6.57. The van der Waals surface area contributed by atoms with E-state index in [1.165, 1.54) is 11.7 Å². The van der Waals surface area contributed by atoms with Crippen molar-refractivity contribution in [1.29, 1.82) is 0 Å². The number of carbonyl (C=O) groups excluding carboxylic acids is 1. The molecule has 0 saturated heterocycles. The van der Waals surface area contributed by atoms with Gasteiger partial charge < -0.3 is 14.2 Å². The molecule has 0 bridgehead atoms. The molecule has 0 radical (unpaired) electrons. The number of aromatic nitrogens is 1. The molecule has 106 valence electrons. The van der Waals surface area contributed by atoms with Crippen molar-refractivity contribution in [3.8, 4) is 5.75 Å². The maximum Gasteiger partial charge on any atom is 0.293 e. The molecule has 0 unspecified atom stereocenters. The molecule has 1 heterocycles. The van der Waals surface area contributed by atoms with Crippen molar-refractivity contribution in [2.45, 2.75) is 32.7 Å². The van der Waals surface area contributed by atoms with Gasteiger partial charge in [-0.25, -0.2) is 0 Å². The van der Waals surface area contributed by atoms with E-state index in [4.69, 9.17) is 4.74 Å². The third-order valence-corrected chi connectivity index (χ3v) is 3.03. The lowest BCUT2D eigenvalue weighted by atomic mass is 10.2. The summed E-state index contributed by atoms with van der Waals surface area (Å²) in [6.07, 6.45) is 4.82. The highest BCUT2D eigenvalue weighted by molar-refractivity contribution is 5.75. The zero-order valence-electron chi connectivity index (χ0n) is 11.9. The van der Waals surface area contributed by atoms with E-state index in [1.807, 2.05) is 0 Å². The van der Waals surface area contributed by atoms with Crippen LogP contribution >= 0.6 is 0 Å². The van der Waals surface area contributed by atoms with Crippen molar-refractivity contribution in [2.24, 2.45) is 0 Å². The van der Waals surface area contributed by atoms with Gasteiger partial charge in [0.25, 0.3) is 5.56 Å². The Kier molecular flexibility index (Phi) is 6.12. The van der Waals surface area contributed by atoms with Crippen LogP contribution in [0.5, 0.6) is 5.75 Å². The second-order valence-corrected chi connectivity index (χ2v) is 4.53. The number of carbonyl (C=O) groups is 1. The minimum atomic E-state index is -0.277. The summed E-state index contributed by atoms with van der Waals surface area (Å²) in [5.74, 6) is 0.190. The predicted molar refractivity (Wildman–Crippen MR) is 74.4 cm³/mol. The zero-order valence-corrected chi connectivity index (χ0v) is 11.9. The summed E-state index contributed by atoms with van der Waals surface area (Å²) in [7, 11) is 3.21. The van der Waals surface area contributed by atoms with E-state index in [9.17, 15) is 9.59 Å². The molecule has 1 aromatic heterocycles. The van der Waals surface area contributed by atoms with Gasteiger partial charge in [-0.15, -0.1) is 0 Å². The molecule has 0 fully saturated rings. The maximum absolute atomic E-state index is 12.0. The quantitative estimate of drug-likeness (QED) is 0.703. The SMILES string of the molecule is CCCCCN(C)C(=O)Cn1cccc(OC)c1=O. The predicted octanol–water partition coefficient (Wildman–Crippen LogP) is 1.51. The molecule has 19 heavy (non-hydrogen) atoms. The molecular formula is C14H22N2O3. The van der Waals surface area contributed by atoms with E-state index in [-0.39, 0.29) is 23.8 Å². The Morgan fingerprint density at radius 3 is 2.79 bits per heavy atom. The fourth-order valence-electron chi connectivity index (χ4n) is 1.78. The summed E-state index contributed by atoms with van der Waals surface area (Å²) >= 11 is 0. The molecule has 5 nitrogen and oxygen atoms in total.